The van der Waals surface area contributed by atoms with Gasteiger partial charge in [-0.1, -0.05) is 53.8 Å². The van der Waals surface area contributed by atoms with Crippen LogP contribution in [0, 0.1) is 0 Å². The smallest absolute Gasteiger partial charge is 0.157 e. The molecule has 2 saturated heterocycles. The molecule has 5 aromatic carbocycles. The molecule has 770 valence electrons. The van der Waals surface area contributed by atoms with Gasteiger partial charge in [-0.15, -0.1) is 20.4 Å². The quantitative estimate of drug-likeness (QED) is 0.0261. The van der Waals surface area contributed by atoms with Crippen LogP contribution >= 0.6 is 34.8 Å². The summed E-state index contributed by atoms with van der Waals surface area (Å²) >= 11 is 19.9. The number of hydrogen-bond donors (Lipinski definition) is 4. The SMILES string of the molecule is CC(C)Nc1ccn(-c2cc(OC(C)C)c3ccc(OCCN4CCOCC4)c(Cl)c3n2)n1.CC(C)Nc1ccn(-c2cc(OC(C)C)c3ccc(OCCN4CCOCC4)cc3n2)n1.COCCOc1ccc2c(OC(C)C)cc(-n3ccc(NC(C)C)n3)nc2c1Cl.COc1ccc2c(OC(C)C)cc(-c3cc(C(C)C)on3)nc2c1Cl.COc1ccc2c(OC(C)C)cc(-n3ccc(NC(C)C)n3)nc2c1. The van der Waals surface area contributed by atoms with E-state index in [2.05, 4.69) is 117 Å². The van der Waals surface area contributed by atoms with Gasteiger partial charge >= 0.3 is 0 Å². The topological polar surface area (TPSA) is 336 Å². The van der Waals surface area contributed by atoms with Crippen LogP contribution in [0.4, 0.5) is 23.3 Å². The van der Waals surface area contributed by atoms with Crippen molar-refractivity contribution in [3.63, 3.8) is 0 Å². The Morgan fingerprint density at radius 2 is 0.667 bits per heavy atom. The zero-order valence-corrected chi connectivity index (χ0v) is 89.0. The lowest BCUT2D eigenvalue weighted by Gasteiger charge is -2.26. The second kappa shape index (κ2) is 51.5. The monoisotopic (exact) mass is 2030 g/mol. The van der Waals surface area contributed by atoms with Gasteiger partial charge in [-0.3, -0.25) is 9.80 Å². The van der Waals surface area contributed by atoms with E-state index >= 15 is 0 Å². The number of ether oxygens (including phenoxy) is 13. The third-order valence-corrected chi connectivity index (χ3v) is 22.8. The number of halogens is 3. The number of nitrogens with zero attached hydrogens (tertiary/aromatic N) is 16. The molecule has 0 aliphatic carbocycles. The fraction of sp³-hybridized carbons (Fsp3) is 0.439. The Labute approximate surface area is 857 Å². The number of nitrogens with one attached hydrogen (secondary N) is 4. The predicted octanol–water partition coefficient (Wildman–Crippen LogP) is 22.3. The molecule has 4 N–H and O–H groups in total. The first-order valence-corrected chi connectivity index (χ1v) is 50.2. The van der Waals surface area contributed by atoms with E-state index in [0.717, 1.165) is 156 Å². The van der Waals surface area contributed by atoms with E-state index in [1.54, 1.807) is 40.1 Å². The molecule has 0 bridgehead atoms. The Balaban J connectivity index is 0.000000152. The summed E-state index contributed by atoms with van der Waals surface area (Å²) in [6.07, 6.45) is 7.65. The van der Waals surface area contributed by atoms with E-state index in [9.17, 15) is 0 Å². The van der Waals surface area contributed by atoms with Gasteiger partial charge in [-0.25, -0.2) is 43.6 Å². The van der Waals surface area contributed by atoms with Crippen molar-refractivity contribution < 1.29 is 66.1 Å². The predicted molar refractivity (Wildman–Crippen MR) is 572 cm³/mol. The molecule has 15 aromatic rings. The zero-order valence-electron chi connectivity index (χ0n) is 86.7. The third-order valence-electron chi connectivity index (χ3n) is 21.7. The first kappa shape index (κ1) is 108. The lowest BCUT2D eigenvalue weighted by molar-refractivity contribution is 0.0322. The van der Waals surface area contributed by atoms with Crippen LogP contribution in [0.15, 0.2) is 163 Å². The Bertz CT molecular complexity index is 6690. The van der Waals surface area contributed by atoms with Crippen LogP contribution in [0.3, 0.4) is 0 Å². The highest BCUT2D eigenvalue weighted by Crippen LogP contribution is 2.43. The first-order chi connectivity index (χ1) is 69.1. The van der Waals surface area contributed by atoms with Crippen molar-refractivity contribution in [3.8, 4) is 92.2 Å². The van der Waals surface area contributed by atoms with Crippen molar-refractivity contribution in [2.45, 2.75) is 199 Å². The molecular formula is C107H137Cl3N20O14. The van der Waals surface area contributed by atoms with Crippen LogP contribution < -0.4 is 68.6 Å². The number of methoxy groups -OCH3 is 3. The van der Waals surface area contributed by atoms with E-state index in [1.807, 2.05) is 241 Å². The minimum Gasteiger partial charge on any atom is -0.497 e. The highest BCUT2D eigenvalue weighted by molar-refractivity contribution is 6.38. The summed E-state index contributed by atoms with van der Waals surface area (Å²) in [7, 11) is 4.85. The van der Waals surface area contributed by atoms with Crippen molar-refractivity contribution in [3.05, 3.63) is 179 Å². The van der Waals surface area contributed by atoms with Crippen molar-refractivity contribution in [1.29, 1.82) is 0 Å². The number of fused-ring (bicyclic) bond motifs is 5. The Morgan fingerprint density at radius 3 is 1.03 bits per heavy atom. The highest BCUT2D eigenvalue weighted by Gasteiger charge is 2.25. The van der Waals surface area contributed by atoms with Crippen molar-refractivity contribution in [2.75, 3.05) is 135 Å². The molecule has 0 spiro atoms. The summed E-state index contributed by atoms with van der Waals surface area (Å²) in [6, 6.07) is 43.3. The van der Waals surface area contributed by atoms with Crippen LogP contribution in [0.1, 0.15) is 150 Å². The lowest BCUT2D eigenvalue weighted by atomic mass is 10.1. The molecule has 0 atom stereocenters. The maximum Gasteiger partial charge on any atom is 0.157 e. The molecule has 144 heavy (non-hydrogen) atoms. The van der Waals surface area contributed by atoms with Crippen molar-refractivity contribution in [1.82, 2.24) is 79.0 Å². The summed E-state index contributed by atoms with van der Waals surface area (Å²) in [5.41, 5.74) is 4.76. The van der Waals surface area contributed by atoms with Gasteiger partial charge in [0.05, 0.1) is 111 Å². The molecule has 0 radical (unpaired) electrons. The van der Waals surface area contributed by atoms with Crippen LogP contribution in [0.2, 0.25) is 15.1 Å². The van der Waals surface area contributed by atoms with E-state index in [4.69, 9.17) is 121 Å². The van der Waals surface area contributed by atoms with Crippen LogP contribution in [0.25, 0.3) is 89.2 Å². The van der Waals surface area contributed by atoms with E-state index in [-0.39, 0.29) is 48.5 Å². The Hall–Kier alpha value is -12.9. The molecule has 17 rings (SSSR count). The first-order valence-electron chi connectivity index (χ1n) is 49.1. The molecule has 2 fully saturated rings. The van der Waals surface area contributed by atoms with Gasteiger partial charge in [-0.05, 0) is 185 Å². The largest absolute Gasteiger partial charge is 0.497 e. The summed E-state index contributed by atoms with van der Waals surface area (Å²) < 4.78 is 86.8. The number of pyridine rings is 5. The van der Waals surface area contributed by atoms with Crippen molar-refractivity contribution in [2.24, 2.45) is 0 Å². The van der Waals surface area contributed by atoms with Gasteiger partial charge in [-0.2, -0.15) is 0 Å². The molecule has 2 aliphatic rings. The van der Waals surface area contributed by atoms with E-state index in [1.165, 1.54) is 0 Å². The second-order valence-corrected chi connectivity index (χ2v) is 38.5. The van der Waals surface area contributed by atoms with Gasteiger partial charge in [0.15, 0.2) is 23.3 Å². The number of hydrogen-bond acceptors (Lipinski definition) is 30. The number of benzene rings is 5. The van der Waals surface area contributed by atoms with Gasteiger partial charge in [0.2, 0.25) is 0 Å². The highest BCUT2D eigenvalue weighted by atomic mass is 35.5. The molecule has 10 aromatic heterocycles. The summed E-state index contributed by atoms with van der Waals surface area (Å²) in [6.45, 7) is 51.3. The average Bonchev–Trinajstić information content (AvgIpc) is 1.25. The third kappa shape index (κ3) is 29.9. The minimum absolute atomic E-state index is 0.000597. The molecule has 34 nitrogen and oxygen atoms in total. The molecule has 0 amide bonds. The molecule has 0 unspecified atom stereocenters. The maximum absolute atomic E-state index is 6.79. The molecular weight excluding hydrogens is 1900 g/mol. The summed E-state index contributed by atoms with van der Waals surface area (Å²) in [4.78, 5) is 28.5. The number of aromatic nitrogens is 14. The molecule has 2 aliphatic heterocycles. The number of anilines is 4. The Kier molecular flexibility index (Phi) is 38.8. The standard InChI is InChI=1S/C24H32ClN5O3.C24H33N5O3.C21H27ClN4O3.C19H21ClN2O3.C19H24N4O2/c1-16(2)26-21-7-8-30(28-21)22-15-20(33-17(3)4)18-5-6-19(23(25)24(18)27-22)32-14-11-29-9-12-31-13-10-29;1-17(2)25-23-7-8-29(27-23)24-16-22(32-18(3)4)20-6-5-19(15-21(20)26-24)31-14-11-28-9-12-30-13-10-28;1-13(2)23-18-8-9-26(25-18)19-12-17(29-14(3)4)15-6-7-16(28-11-10-27-5)20(22)21(15)24-19;1-10(2)16-9-14(22-25-16)13-8-17(24-11(3)4)12-6-7-15(23-5)18(20)19(12)21-13;1-12(2)20-18-8-9-23(22-18)19-11-17(25-13(3)4)15-7-6-14(24-5)10-16(15)21-19/h5-8,15-17H,9-14H2,1-4H3,(H,26,28);5-8,15-18H,9-14H2,1-4H3,(H,25,27);6-9,12-14H,10-11H2,1-5H3,(H,23,25);6-11H,1-5H3;6-13H,1-5H3,(H,20,22). The second-order valence-electron chi connectivity index (χ2n) is 37.3. The van der Waals surface area contributed by atoms with E-state index < -0.39 is 0 Å². The van der Waals surface area contributed by atoms with Gasteiger partial charge in [0, 0.05) is 201 Å². The van der Waals surface area contributed by atoms with Gasteiger partial charge in [0.1, 0.15) is 127 Å². The Morgan fingerprint density at radius 1 is 0.326 bits per heavy atom. The van der Waals surface area contributed by atoms with Crippen LogP contribution in [-0.4, -0.2) is 247 Å². The van der Waals surface area contributed by atoms with Crippen molar-refractivity contribution >= 4 is 113 Å². The summed E-state index contributed by atoms with van der Waals surface area (Å²) in [5, 5.41) is 41.4. The maximum atomic E-state index is 6.79. The van der Waals surface area contributed by atoms with Gasteiger partial charge in [0.25, 0.3) is 0 Å². The number of rotatable bonds is 38. The molecule has 12 heterocycles. The van der Waals surface area contributed by atoms with Crippen LogP contribution in [0.5, 0.6) is 57.5 Å². The fourth-order valence-electron chi connectivity index (χ4n) is 15.3. The average molecular weight is 2030 g/mol. The summed E-state index contributed by atoms with van der Waals surface area (Å²) in [5.74, 6) is 13.8. The minimum atomic E-state index is 0.000597. The molecule has 0 saturated carbocycles. The normalized spacial score (nSPS) is 13.0. The van der Waals surface area contributed by atoms with E-state index in [0.29, 0.717) is 139 Å². The number of morpholine rings is 2. The fourth-order valence-corrected chi connectivity index (χ4v) is 16.1. The lowest BCUT2D eigenvalue weighted by Crippen LogP contribution is -2.38. The van der Waals surface area contributed by atoms with Gasteiger partial charge < -0.3 is 87.4 Å². The van der Waals surface area contributed by atoms with Crippen LogP contribution in [-0.2, 0) is 14.2 Å². The molecule has 37 heteroatoms. The zero-order chi connectivity index (χ0) is 103.